The Morgan fingerprint density at radius 3 is 2.70 bits per heavy atom. The number of nitrogens with one attached hydrogen (secondary N) is 2. The van der Waals surface area contributed by atoms with E-state index in [2.05, 4.69) is 9.97 Å². The van der Waals surface area contributed by atoms with Crippen LogP contribution in [0.25, 0.3) is 10.9 Å². The molecule has 1 aromatic heterocycles. The Morgan fingerprint density at radius 2 is 2.00 bits per heavy atom. The number of aromatic nitrogens is 2. The minimum atomic E-state index is -3.71. The second-order valence-corrected chi connectivity index (χ2v) is 7.15. The van der Waals surface area contributed by atoms with Gasteiger partial charge in [-0.2, -0.15) is 4.31 Å². The second kappa shape index (κ2) is 6.44. The van der Waals surface area contributed by atoms with E-state index in [0.29, 0.717) is 12.1 Å². The molecule has 1 aliphatic rings. The van der Waals surface area contributed by atoms with E-state index in [1.165, 1.54) is 22.5 Å². The highest BCUT2D eigenvalue weighted by atomic mass is 35.5. The molecule has 0 bridgehead atoms. The number of sulfonamides is 1. The number of hydrogen-bond donors (Lipinski definition) is 3. The van der Waals surface area contributed by atoms with Gasteiger partial charge in [0.05, 0.1) is 15.8 Å². The zero-order valence-electron chi connectivity index (χ0n) is 12.1. The number of benzene rings is 1. The van der Waals surface area contributed by atoms with Gasteiger partial charge >= 0.3 is 5.69 Å². The summed E-state index contributed by atoms with van der Waals surface area (Å²) in [5, 5.41) is 0.129. The summed E-state index contributed by atoms with van der Waals surface area (Å²) < 4.78 is 26.8. The van der Waals surface area contributed by atoms with Crippen LogP contribution in [0, 0.1) is 0 Å². The number of rotatable bonds is 3. The summed E-state index contributed by atoms with van der Waals surface area (Å²) in [7, 11) is -3.71. The molecule has 0 spiro atoms. The highest BCUT2D eigenvalue weighted by Gasteiger charge is 2.34. The predicted molar refractivity (Wildman–Crippen MR) is 88.4 cm³/mol. The number of aromatic amines is 2. The standard InChI is InChI=1S/C13H16N4O4S.ClH/c14-7-8-2-1-5-17(8)22(20,21)9-3-4-11-10(6-9)12(18)16-13(19)15-11;/h3-4,6,8H,1-2,5,7,14H2,(H2,15,16,18,19);1H. The van der Waals surface area contributed by atoms with Crippen molar-refractivity contribution in [3.8, 4) is 0 Å². The molecular formula is C13H17ClN4O4S. The third-order valence-electron chi connectivity index (χ3n) is 3.91. The molecule has 4 N–H and O–H groups in total. The number of nitrogens with zero attached hydrogens (tertiary/aromatic N) is 1. The second-order valence-electron chi connectivity index (χ2n) is 5.26. The van der Waals surface area contributed by atoms with Gasteiger partial charge in [-0.25, -0.2) is 13.2 Å². The van der Waals surface area contributed by atoms with Crippen molar-refractivity contribution in [3.05, 3.63) is 39.0 Å². The minimum Gasteiger partial charge on any atom is -0.329 e. The van der Waals surface area contributed by atoms with Crippen LogP contribution in [0.3, 0.4) is 0 Å². The van der Waals surface area contributed by atoms with Crippen molar-refractivity contribution in [2.75, 3.05) is 13.1 Å². The van der Waals surface area contributed by atoms with Gasteiger partial charge in [0.25, 0.3) is 5.56 Å². The van der Waals surface area contributed by atoms with Gasteiger partial charge in [0.15, 0.2) is 0 Å². The lowest BCUT2D eigenvalue weighted by molar-refractivity contribution is 0.393. The largest absolute Gasteiger partial charge is 0.329 e. The van der Waals surface area contributed by atoms with Gasteiger partial charge in [0.1, 0.15) is 0 Å². The molecule has 2 aromatic rings. The smallest absolute Gasteiger partial charge is 0.326 e. The van der Waals surface area contributed by atoms with Gasteiger partial charge < -0.3 is 10.7 Å². The number of nitrogens with two attached hydrogens (primary N) is 1. The molecule has 1 saturated heterocycles. The molecule has 8 nitrogen and oxygen atoms in total. The van der Waals surface area contributed by atoms with Crippen LogP contribution in [-0.2, 0) is 10.0 Å². The van der Waals surface area contributed by atoms with E-state index in [4.69, 9.17) is 5.73 Å². The number of halogens is 1. The van der Waals surface area contributed by atoms with Crippen molar-refractivity contribution in [2.45, 2.75) is 23.8 Å². The third kappa shape index (κ3) is 3.05. The van der Waals surface area contributed by atoms with Crippen molar-refractivity contribution in [1.29, 1.82) is 0 Å². The molecule has 126 valence electrons. The van der Waals surface area contributed by atoms with Crippen molar-refractivity contribution in [2.24, 2.45) is 5.73 Å². The molecule has 3 rings (SSSR count). The van der Waals surface area contributed by atoms with Gasteiger partial charge in [-0.3, -0.25) is 9.78 Å². The minimum absolute atomic E-state index is 0. The zero-order valence-corrected chi connectivity index (χ0v) is 13.7. The van der Waals surface area contributed by atoms with Crippen LogP contribution in [0.5, 0.6) is 0 Å². The molecule has 0 aliphatic carbocycles. The van der Waals surface area contributed by atoms with Gasteiger partial charge in [0.2, 0.25) is 10.0 Å². The number of H-pyrrole nitrogens is 2. The lowest BCUT2D eigenvalue weighted by Gasteiger charge is -2.22. The summed E-state index contributed by atoms with van der Waals surface area (Å²) >= 11 is 0. The van der Waals surface area contributed by atoms with E-state index in [1.54, 1.807) is 0 Å². The molecule has 1 atom stereocenters. The first-order valence-corrected chi connectivity index (χ1v) is 8.36. The molecule has 1 aliphatic heterocycles. The van der Waals surface area contributed by atoms with E-state index in [0.717, 1.165) is 12.8 Å². The van der Waals surface area contributed by atoms with Crippen LogP contribution in [0.4, 0.5) is 0 Å². The van der Waals surface area contributed by atoms with Crippen molar-refractivity contribution < 1.29 is 8.42 Å². The number of fused-ring (bicyclic) bond motifs is 1. The summed E-state index contributed by atoms with van der Waals surface area (Å²) in [5.74, 6) is 0. The Bertz CT molecular complexity index is 937. The zero-order chi connectivity index (χ0) is 15.9. The number of hydrogen-bond acceptors (Lipinski definition) is 5. The predicted octanol–water partition coefficient (Wildman–Crippen LogP) is -0.250. The van der Waals surface area contributed by atoms with Crippen molar-refractivity contribution >= 4 is 33.3 Å². The van der Waals surface area contributed by atoms with E-state index in [1.807, 2.05) is 0 Å². The fourth-order valence-corrected chi connectivity index (χ4v) is 4.53. The molecule has 1 aromatic carbocycles. The summed E-state index contributed by atoms with van der Waals surface area (Å²) in [6.07, 6.45) is 1.50. The first-order valence-electron chi connectivity index (χ1n) is 6.92. The van der Waals surface area contributed by atoms with Crippen LogP contribution in [0.2, 0.25) is 0 Å². The van der Waals surface area contributed by atoms with Crippen LogP contribution < -0.4 is 17.0 Å². The van der Waals surface area contributed by atoms with Crippen molar-refractivity contribution in [1.82, 2.24) is 14.3 Å². The monoisotopic (exact) mass is 360 g/mol. The summed E-state index contributed by atoms with van der Waals surface area (Å²) in [6.45, 7) is 0.685. The Balaban J connectivity index is 0.00000192. The molecule has 0 saturated carbocycles. The van der Waals surface area contributed by atoms with Gasteiger partial charge in [-0.15, -0.1) is 12.4 Å². The topological polar surface area (TPSA) is 129 Å². The molecule has 1 fully saturated rings. The average molecular weight is 361 g/mol. The Labute approximate surface area is 138 Å². The SMILES string of the molecule is Cl.NCC1CCCN1S(=O)(=O)c1ccc2[nH]c(=O)[nH]c(=O)c2c1. The van der Waals surface area contributed by atoms with Crippen molar-refractivity contribution in [3.63, 3.8) is 0 Å². The summed E-state index contributed by atoms with van der Waals surface area (Å²) in [6, 6.07) is 3.88. The van der Waals surface area contributed by atoms with E-state index in [-0.39, 0.29) is 35.3 Å². The Kier molecular flexibility index (Phi) is 4.95. The van der Waals surface area contributed by atoms with Crippen LogP contribution >= 0.6 is 12.4 Å². The summed E-state index contributed by atoms with van der Waals surface area (Å²) in [5.41, 5.74) is 4.68. The van der Waals surface area contributed by atoms with E-state index in [9.17, 15) is 18.0 Å². The maximum Gasteiger partial charge on any atom is 0.326 e. The fourth-order valence-electron chi connectivity index (χ4n) is 2.80. The fraction of sp³-hybridized carbons (Fsp3) is 0.385. The lowest BCUT2D eigenvalue weighted by Crippen LogP contribution is -2.39. The first-order chi connectivity index (χ1) is 10.4. The molecule has 0 amide bonds. The molecule has 10 heteroatoms. The molecule has 23 heavy (non-hydrogen) atoms. The molecule has 2 heterocycles. The highest BCUT2D eigenvalue weighted by molar-refractivity contribution is 7.89. The molecule has 1 unspecified atom stereocenters. The summed E-state index contributed by atoms with van der Waals surface area (Å²) in [4.78, 5) is 27.6. The van der Waals surface area contributed by atoms with E-state index >= 15 is 0 Å². The average Bonchev–Trinajstić information content (AvgIpc) is 2.96. The highest BCUT2D eigenvalue weighted by Crippen LogP contribution is 2.26. The normalized spacial score (nSPS) is 18.9. The van der Waals surface area contributed by atoms with Gasteiger partial charge in [-0.05, 0) is 31.0 Å². The Hall–Kier alpha value is -1.68. The van der Waals surface area contributed by atoms with Gasteiger partial charge in [0, 0.05) is 19.1 Å². The molecule has 0 radical (unpaired) electrons. The first kappa shape index (κ1) is 17.7. The van der Waals surface area contributed by atoms with Crippen LogP contribution in [0.1, 0.15) is 12.8 Å². The lowest BCUT2D eigenvalue weighted by atomic mass is 10.2. The van der Waals surface area contributed by atoms with Crippen LogP contribution in [-0.4, -0.2) is 41.8 Å². The Morgan fingerprint density at radius 1 is 1.26 bits per heavy atom. The third-order valence-corrected chi connectivity index (χ3v) is 5.86. The van der Waals surface area contributed by atoms with E-state index < -0.39 is 21.3 Å². The maximum atomic E-state index is 12.7. The quantitative estimate of drug-likeness (QED) is 0.695. The van der Waals surface area contributed by atoms with Crippen LogP contribution in [0.15, 0.2) is 32.7 Å². The molecular weight excluding hydrogens is 344 g/mol. The van der Waals surface area contributed by atoms with Gasteiger partial charge in [-0.1, -0.05) is 0 Å². The maximum absolute atomic E-state index is 12.7.